The van der Waals surface area contributed by atoms with Crippen LogP contribution in [0.1, 0.15) is 5.56 Å². The van der Waals surface area contributed by atoms with Gasteiger partial charge in [-0.25, -0.2) is 9.50 Å². The first kappa shape index (κ1) is 10.9. The standard InChI is InChI=1S/C14H14N4/c15-9-8-11-6-7-13-16-14(17-18(13)10-11)12-4-2-1-3-5-12/h1-7,10H,8-9,15H2. The molecule has 18 heavy (non-hydrogen) atoms. The Kier molecular flexibility index (Phi) is 2.78. The molecule has 0 spiro atoms. The number of rotatable bonds is 3. The fraction of sp³-hybridized carbons (Fsp3) is 0.143. The van der Waals surface area contributed by atoms with Crippen molar-refractivity contribution in [2.75, 3.05) is 6.54 Å². The van der Waals surface area contributed by atoms with Gasteiger partial charge in [0.05, 0.1) is 0 Å². The summed E-state index contributed by atoms with van der Waals surface area (Å²) in [6, 6.07) is 14.0. The van der Waals surface area contributed by atoms with Gasteiger partial charge in [0.25, 0.3) is 0 Å². The Balaban J connectivity index is 2.06. The number of nitrogens with zero attached hydrogens (tertiary/aromatic N) is 3. The summed E-state index contributed by atoms with van der Waals surface area (Å²) in [5.74, 6) is 0.750. The molecule has 0 bridgehead atoms. The van der Waals surface area contributed by atoms with E-state index in [0.717, 1.165) is 23.5 Å². The maximum Gasteiger partial charge on any atom is 0.182 e. The maximum atomic E-state index is 5.56. The summed E-state index contributed by atoms with van der Waals surface area (Å²) < 4.78 is 1.81. The minimum Gasteiger partial charge on any atom is -0.330 e. The van der Waals surface area contributed by atoms with Crippen molar-refractivity contribution in [3.05, 3.63) is 54.2 Å². The van der Waals surface area contributed by atoms with Gasteiger partial charge >= 0.3 is 0 Å². The number of hydrogen-bond acceptors (Lipinski definition) is 3. The van der Waals surface area contributed by atoms with Gasteiger partial charge in [0.1, 0.15) is 0 Å². The first-order valence-corrected chi connectivity index (χ1v) is 5.97. The number of aromatic nitrogens is 3. The molecule has 4 heteroatoms. The molecule has 0 saturated carbocycles. The van der Waals surface area contributed by atoms with Crippen LogP contribution in [0.15, 0.2) is 48.7 Å². The van der Waals surface area contributed by atoms with Crippen LogP contribution in [0.3, 0.4) is 0 Å². The van der Waals surface area contributed by atoms with Crippen LogP contribution in [0.25, 0.3) is 17.0 Å². The average Bonchev–Trinajstić information content (AvgIpc) is 2.83. The Labute approximate surface area is 105 Å². The molecule has 0 atom stereocenters. The lowest BCUT2D eigenvalue weighted by molar-refractivity contribution is 0.908. The van der Waals surface area contributed by atoms with Crippen LogP contribution in [-0.2, 0) is 6.42 Å². The Morgan fingerprint density at radius 1 is 1.06 bits per heavy atom. The van der Waals surface area contributed by atoms with Crippen LogP contribution in [0.5, 0.6) is 0 Å². The minimum absolute atomic E-state index is 0.645. The molecule has 0 unspecified atom stereocenters. The summed E-state index contributed by atoms with van der Waals surface area (Å²) in [4.78, 5) is 4.50. The maximum absolute atomic E-state index is 5.56. The first-order valence-electron chi connectivity index (χ1n) is 5.97. The monoisotopic (exact) mass is 238 g/mol. The SMILES string of the molecule is NCCc1ccc2nc(-c3ccccc3)nn2c1. The molecule has 90 valence electrons. The Morgan fingerprint density at radius 2 is 1.89 bits per heavy atom. The Morgan fingerprint density at radius 3 is 2.67 bits per heavy atom. The van der Waals surface area contributed by atoms with Crippen molar-refractivity contribution in [1.82, 2.24) is 14.6 Å². The molecule has 0 aliphatic heterocycles. The van der Waals surface area contributed by atoms with Crippen molar-refractivity contribution in [3.63, 3.8) is 0 Å². The molecule has 2 heterocycles. The summed E-state index contributed by atoms with van der Waals surface area (Å²) >= 11 is 0. The summed E-state index contributed by atoms with van der Waals surface area (Å²) in [5, 5.41) is 4.49. The summed E-state index contributed by atoms with van der Waals surface area (Å²) in [7, 11) is 0. The number of fused-ring (bicyclic) bond motifs is 1. The van der Waals surface area contributed by atoms with E-state index < -0.39 is 0 Å². The van der Waals surface area contributed by atoms with Crippen LogP contribution in [0, 0.1) is 0 Å². The van der Waals surface area contributed by atoms with Crippen molar-refractivity contribution >= 4 is 5.65 Å². The van der Waals surface area contributed by atoms with Crippen molar-refractivity contribution in [2.45, 2.75) is 6.42 Å². The van der Waals surface area contributed by atoms with Gasteiger partial charge in [0.2, 0.25) is 0 Å². The predicted molar refractivity (Wildman–Crippen MR) is 71.2 cm³/mol. The molecule has 0 amide bonds. The molecule has 0 aliphatic rings. The third kappa shape index (κ3) is 1.98. The zero-order valence-electron chi connectivity index (χ0n) is 9.95. The van der Waals surface area contributed by atoms with E-state index in [1.807, 2.05) is 53.2 Å². The molecular formula is C14H14N4. The zero-order chi connectivity index (χ0) is 12.4. The highest BCUT2D eigenvalue weighted by Gasteiger charge is 2.05. The molecule has 0 fully saturated rings. The van der Waals surface area contributed by atoms with E-state index in [4.69, 9.17) is 5.73 Å². The predicted octanol–water partition coefficient (Wildman–Crippen LogP) is 1.90. The smallest absolute Gasteiger partial charge is 0.182 e. The van der Waals surface area contributed by atoms with E-state index in [1.54, 1.807) is 0 Å². The fourth-order valence-corrected chi connectivity index (χ4v) is 1.95. The highest BCUT2D eigenvalue weighted by molar-refractivity contribution is 5.57. The third-order valence-corrected chi connectivity index (χ3v) is 2.86. The van der Waals surface area contributed by atoms with Crippen LogP contribution in [0.2, 0.25) is 0 Å². The molecule has 3 rings (SSSR count). The number of benzene rings is 1. The van der Waals surface area contributed by atoms with Gasteiger partial charge in [-0.05, 0) is 24.6 Å². The van der Waals surface area contributed by atoms with E-state index in [-0.39, 0.29) is 0 Å². The normalized spacial score (nSPS) is 10.9. The largest absolute Gasteiger partial charge is 0.330 e. The molecule has 0 saturated heterocycles. The van der Waals surface area contributed by atoms with Gasteiger partial charge < -0.3 is 5.73 Å². The van der Waals surface area contributed by atoms with Gasteiger partial charge in [-0.15, -0.1) is 5.10 Å². The average molecular weight is 238 g/mol. The quantitative estimate of drug-likeness (QED) is 0.758. The number of pyridine rings is 1. The van der Waals surface area contributed by atoms with Crippen LogP contribution < -0.4 is 5.73 Å². The van der Waals surface area contributed by atoms with E-state index in [0.29, 0.717) is 6.54 Å². The highest BCUT2D eigenvalue weighted by Crippen LogP contribution is 2.15. The van der Waals surface area contributed by atoms with Crippen molar-refractivity contribution < 1.29 is 0 Å². The van der Waals surface area contributed by atoms with Crippen LogP contribution >= 0.6 is 0 Å². The van der Waals surface area contributed by atoms with Crippen LogP contribution in [0.4, 0.5) is 0 Å². The second-order valence-corrected chi connectivity index (χ2v) is 4.18. The summed E-state index contributed by atoms with van der Waals surface area (Å²) in [5.41, 5.74) is 8.62. The molecule has 0 aliphatic carbocycles. The van der Waals surface area contributed by atoms with Crippen molar-refractivity contribution in [3.8, 4) is 11.4 Å². The fourth-order valence-electron chi connectivity index (χ4n) is 1.95. The minimum atomic E-state index is 0.645. The van der Waals surface area contributed by atoms with Crippen molar-refractivity contribution in [2.24, 2.45) is 5.73 Å². The third-order valence-electron chi connectivity index (χ3n) is 2.86. The summed E-state index contributed by atoms with van der Waals surface area (Å²) in [6.45, 7) is 0.645. The second kappa shape index (κ2) is 4.58. The first-order chi connectivity index (χ1) is 8.86. The number of nitrogens with two attached hydrogens (primary N) is 1. The van der Waals surface area contributed by atoms with E-state index in [1.165, 1.54) is 5.56 Å². The molecule has 0 radical (unpaired) electrons. The van der Waals surface area contributed by atoms with Crippen molar-refractivity contribution in [1.29, 1.82) is 0 Å². The van der Waals surface area contributed by atoms with Gasteiger partial charge in [-0.3, -0.25) is 0 Å². The zero-order valence-corrected chi connectivity index (χ0v) is 9.95. The summed E-state index contributed by atoms with van der Waals surface area (Å²) in [6.07, 6.45) is 2.85. The lowest BCUT2D eigenvalue weighted by Gasteiger charge is -1.97. The van der Waals surface area contributed by atoms with E-state index >= 15 is 0 Å². The van der Waals surface area contributed by atoms with Crippen LogP contribution in [-0.4, -0.2) is 21.1 Å². The van der Waals surface area contributed by atoms with Gasteiger partial charge in [-0.1, -0.05) is 36.4 Å². The highest BCUT2D eigenvalue weighted by atomic mass is 15.3. The molecule has 4 nitrogen and oxygen atoms in total. The lowest BCUT2D eigenvalue weighted by Crippen LogP contribution is -2.03. The molecule has 2 N–H and O–H groups in total. The topological polar surface area (TPSA) is 56.2 Å². The van der Waals surface area contributed by atoms with E-state index in [9.17, 15) is 0 Å². The van der Waals surface area contributed by atoms with Gasteiger partial charge in [-0.2, -0.15) is 0 Å². The second-order valence-electron chi connectivity index (χ2n) is 4.18. The number of hydrogen-bond donors (Lipinski definition) is 1. The molecule has 2 aromatic heterocycles. The molecule has 3 aromatic rings. The van der Waals surface area contributed by atoms with E-state index in [2.05, 4.69) is 10.1 Å². The molecule has 1 aromatic carbocycles. The lowest BCUT2D eigenvalue weighted by atomic mass is 10.2. The Hall–Kier alpha value is -2.20. The Bertz CT molecular complexity index is 658. The molecular weight excluding hydrogens is 224 g/mol. The van der Waals surface area contributed by atoms with Gasteiger partial charge in [0.15, 0.2) is 11.5 Å². The van der Waals surface area contributed by atoms with Gasteiger partial charge in [0, 0.05) is 11.8 Å².